The molecule has 0 bridgehead atoms. The first-order valence-corrected chi connectivity index (χ1v) is 15.6. The highest BCUT2D eigenvalue weighted by Crippen LogP contribution is 2.34. The summed E-state index contributed by atoms with van der Waals surface area (Å²) < 4.78 is 55.1. The van der Waals surface area contributed by atoms with Crippen LogP contribution < -0.4 is 5.48 Å². The second-order valence-corrected chi connectivity index (χ2v) is 14.3. The van der Waals surface area contributed by atoms with Crippen LogP contribution in [0.5, 0.6) is 0 Å². The van der Waals surface area contributed by atoms with Crippen LogP contribution in [0.25, 0.3) is 10.4 Å². The highest BCUT2D eigenvalue weighted by molar-refractivity contribution is 7.91. The molecule has 3 aromatic rings. The van der Waals surface area contributed by atoms with Crippen molar-refractivity contribution in [2.24, 2.45) is 0 Å². The van der Waals surface area contributed by atoms with E-state index in [0.29, 0.717) is 11.6 Å². The third-order valence-electron chi connectivity index (χ3n) is 5.86. The zero-order valence-electron chi connectivity index (χ0n) is 19.7. The number of nitrogens with zero attached hydrogens (tertiary/aromatic N) is 4. The summed E-state index contributed by atoms with van der Waals surface area (Å²) in [6.45, 7) is 0.863. The molecule has 0 aliphatic carbocycles. The van der Waals surface area contributed by atoms with Gasteiger partial charge in [0, 0.05) is 24.5 Å². The van der Waals surface area contributed by atoms with Gasteiger partial charge in [0.1, 0.15) is 16.1 Å². The van der Waals surface area contributed by atoms with E-state index in [4.69, 9.17) is 0 Å². The van der Waals surface area contributed by atoms with Gasteiger partial charge in [-0.25, -0.2) is 27.3 Å². The molecule has 16 heteroatoms. The molecule has 1 saturated heterocycles. The number of hydroxylamine groups is 1. The second kappa shape index (κ2) is 11.2. The fourth-order valence-corrected chi connectivity index (χ4v) is 8.88. The summed E-state index contributed by atoms with van der Waals surface area (Å²) >= 11 is 5.43. The van der Waals surface area contributed by atoms with Gasteiger partial charge in [0.25, 0.3) is 15.9 Å². The third-order valence-corrected chi connectivity index (χ3v) is 11.7. The van der Waals surface area contributed by atoms with Gasteiger partial charge in [-0.3, -0.25) is 15.1 Å². The Morgan fingerprint density at radius 3 is 2.59 bits per heavy atom. The lowest BCUT2D eigenvalue weighted by Crippen LogP contribution is -2.61. The van der Waals surface area contributed by atoms with Crippen LogP contribution in [-0.2, 0) is 24.8 Å². The number of sulfonamides is 2. The minimum absolute atomic E-state index is 0.0121. The number of hydrogen-bond acceptors (Lipinski definition) is 10. The number of amides is 1. The monoisotopic (exact) mass is 586 g/mol. The number of nitrogens with one attached hydrogen (secondary N) is 2. The number of rotatable bonds is 9. The first kappa shape index (κ1) is 27.7. The van der Waals surface area contributed by atoms with E-state index >= 15 is 0 Å². The summed E-state index contributed by atoms with van der Waals surface area (Å²) in [7, 11) is -8.04. The number of aryl methyl sites for hydroxylation is 1. The van der Waals surface area contributed by atoms with Crippen molar-refractivity contribution >= 4 is 49.9 Å². The van der Waals surface area contributed by atoms with Crippen molar-refractivity contribution in [3.05, 3.63) is 54.1 Å². The van der Waals surface area contributed by atoms with E-state index in [1.165, 1.54) is 11.5 Å². The summed E-state index contributed by atoms with van der Waals surface area (Å²) in [5, 5.41) is 15.4. The van der Waals surface area contributed by atoms with Crippen LogP contribution in [0.4, 0.5) is 0 Å². The molecule has 2 aromatic heterocycles. The predicted octanol–water partition coefficient (Wildman–Crippen LogP) is 1.41. The number of aromatic nitrogens is 3. The first-order chi connectivity index (χ1) is 17.5. The molecule has 200 valence electrons. The van der Waals surface area contributed by atoms with Crippen molar-refractivity contribution in [3.63, 3.8) is 0 Å². The largest absolute Gasteiger partial charge is 0.289 e. The maximum Gasteiger partial charge on any atom is 0.263 e. The Kier molecular flexibility index (Phi) is 8.37. The Hall–Kier alpha value is -2.34. The maximum absolute atomic E-state index is 13.5. The standard InChI is InChI=1S/C21H26N6O6S4/c1-14-22-20(24-23-14)17(34)9-12-36(30,31)26-10-11-27(16(13-26)21(28)25-29)37(32,33)19-8-7-18(35-19)15-5-3-2-4-6-15/h2-8,16-17,29,34H,9-13H2,1H3,(H,25,28)(H,22,23,24)/t16-,17?/m1/s1. The van der Waals surface area contributed by atoms with E-state index in [9.17, 15) is 26.8 Å². The molecular weight excluding hydrogens is 561 g/mol. The molecule has 0 radical (unpaired) electrons. The lowest BCUT2D eigenvalue weighted by Gasteiger charge is -2.38. The van der Waals surface area contributed by atoms with E-state index in [2.05, 4.69) is 27.8 Å². The Morgan fingerprint density at radius 2 is 1.95 bits per heavy atom. The van der Waals surface area contributed by atoms with Crippen LogP contribution in [0.1, 0.15) is 23.3 Å². The number of carbonyl (C=O) groups excluding carboxylic acids is 1. The van der Waals surface area contributed by atoms with Gasteiger partial charge in [0.05, 0.1) is 11.0 Å². The van der Waals surface area contributed by atoms with Crippen LogP contribution in [0.3, 0.4) is 0 Å². The molecule has 0 saturated carbocycles. The van der Waals surface area contributed by atoms with Gasteiger partial charge in [-0.2, -0.15) is 26.3 Å². The first-order valence-electron chi connectivity index (χ1n) is 11.2. The third kappa shape index (κ3) is 6.05. The number of aromatic amines is 1. The Morgan fingerprint density at radius 1 is 1.22 bits per heavy atom. The molecule has 1 aliphatic rings. The van der Waals surface area contributed by atoms with Crippen molar-refractivity contribution in [2.75, 3.05) is 25.4 Å². The second-order valence-electron chi connectivity index (χ2n) is 8.35. The van der Waals surface area contributed by atoms with Crippen LogP contribution in [0.15, 0.2) is 46.7 Å². The number of benzene rings is 1. The topological polar surface area (TPSA) is 166 Å². The van der Waals surface area contributed by atoms with Crippen molar-refractivity contribution < 1.29 is 26.8 Å². The summed E-state index contributed by atoms with van der Waals surface area (Å²) in [4.78, 5) is 17.4. The highest BCUT2D eigenvalue weighted by atomic mass is 32.2. The molecule has 3 heterocycles. The Bertz CT molecular complexity index is 1460. The number of thiol groups is 1. The average Bonchev–Trinajstić information content (AvgIpc) is 3.57. The van der Waals surface area contributed by atoms with E-state index < -0.39 is 43.8 Å². The van der Waals surface area contributed by atoms with Gasteiger partial charge in [-0.1, -0.05) is 30.3 Å². The quantitative estimate of drug-likeness (QED) is 0.166. The van der Waals surface area contributed by atoms with Crippen LogP contribution in [0.2, 0.25) is 0 Å². The molecule has 12 nitrogen and oxygen atoms in total. The van der Waals surface area contributed by atoms with Crippen LogP contribution >= 0.6 is 24.0 Å². The van der Waals surface area contributed by atoms with Gasteiger partial charge in [-0.05, 0) is 31.0 Å². The maximum atomic E-state index is 13.5. The van der Waals surface area contributed by atoms with Gasteiger partial charge in [0.2, 0.25) is 10.0 Å². The van der Waals surface area contributed by atoms with Crippen molar-refractivity contribution in [2.45, 2.75) is 28.8 Å². The fourth-order valence-electron chi connectivity index (χ4n) is 3.93. The molecule has 4 rings (SSSR count). The average molecular weight is 587 g/mol. The fraction of sp³-hybridized carbons (Fsp3) is 0.381. The normalized spacial score (nSPS) is 18.5. The summed E-state index contributed by atoms with van der Waals surface area (Å²) in [6, 6.07) is 10.9. The highest BCUT2D eigenvalue weighted by Gasteiger charge is 2.43. The minimum atomic E-state index is -4.16. The molecular formula is C21H26N6O6S4. The zero-order chi connectivity index (χ0) is 26.8. The SMILES string of the molecule is Cc1nc(C(S)CCS(=O)(=O)N2CCN(S(=O)(=O)c3ccc(-c4ccccc4)s3)[C@@H](C(=O)NO)C2)n[nH]1. The van der Waals surface area contributed by atoms with E-state index in [1.807, 2.05) is 30.3 Å². The van der Waals surface area contributed by atoms with Crippen LogP contribution in [-0.4, -0.2) is 83.2 Å². The summed E-state index contributed by atoms with van der Waals surface area (Å²) in [5.41, 5.74) is 2.31. The predicted molar refractivity (Wildman–Crippen MR) is 140 cm³/mol. The van der Waals surface area contributed by atoms with Crippen molar-refractivity contribution in [1.29, 1.82) is 0 Å². The molecule has 1 unspecified atom stereocenters. The van der Waals surface area contributed by atoms with Crippen LogP contribution in [0, 0.1) is 6.92 Å². The summed E-state index contributed by atoms with van der Waals surface area (Å²) in [5.74, 6) is -0.379. The molecule has 1 amide bonds. The molecule has 37 heavy (non-hydrogen) atoms. The number of hydrogen-bond donors (Lipinski definition) is 4. The molecule has 1 aromatic carbocycles. The van der Waals surface area contributed by atoms with E-state index in [1.54, 1.807) is 13.0 Å². The number of piperazine rings is 1. The zero-order valence-corrected chi connectivity index (χ0v) is 23.0. The Labute approximate surface area is 224 Å². The van der Waals surface area contributed by atoms with Crippen molar-refractivity contribution in [3.8, 4) is 10.4 Å². The lowest BCUT2D eigenvalue weighted by molar-refractivity contribution is -0.134. The van der Waals surface area contributed by atoms with Gasteiger partial charge < -0.3 is 0 Å². The lowest BCUT2D eigenvalue weighted by atomic mass is 10.2. The van der Waals surface area contributed by atoms with Gasteiger partial charge >= 0.3 is 0 Å². The van der Waals surface area contributed by atoms with E-state index in [-0.39, 0.29) is 29.5 Å². The summed E-state index contributed by atoms with van der Waals surface area (Å²) in [6.07, 6.45) is 0.107. The number of thiophene rings is 1. The molecule has 3 N–H and O–H groups in total. The Balaban J connectivity index is 1.51. The number of carbonyl (C=O) groups is 1. The minimum Gasteiger partial charge on any atom is -0.289 e. The van der Waals surface area contributed by atoms with E-state index in [0.717, 1.165) is 30.4 Å². The van der Waals surface area contributed by atoms with Gasteiger partial charge in [-0.15, -0.1) is 11.3 Å². The smallest absolute Gasteiger partial charge is 0.263 e. The number of H-pyrrole nitrogens is 1. The molecule has 0 spiro atoms. The molecule has 1 aliphatic heterocycles. The van der Waals surface area contributed by atoms with Crippen molar-refractivity contribution in [1.82, 2.24) is 29.3 Å². The molecule has 1 fully saturated rings. The van der Waals surface area contributed by atoms with Gasteiger partial charge in [0.15, 0.2) is 5.82 Å². The molecule has 2 atom stereocenters.